The maximum atomic E-state index is 13.1. The van der Waals surface area contributed by atoms with Gasteiger partial charge in [0.15, 0.2) is 11.1 Å². The van der Waals surface area contributed by atoms with Crippen LogP contribution in [0.2, 0.25) is 0 Å². The summed E-state index contributed by atoms with van der Waals surface area (Å²) in [6.07, 6.45) is -5.60. The third kappa shape index (κ3) is 2.55. The van der Waals surface area contributed by atoms with Crippen LogP contribution < -0.4 is 0 Å². The lowest BCUT2D eigenvalue weighted by molar-refractivity contribution is -0.227. The van der Waals surface area contributed by atoms with Crippen molar-refractivity contribution in [3.05, 3.63) is 17.5 Å². The highest BCUT2D eigenvalue weighted by Gasteiger charge is 2.64. The number of nitrogens with zero attached hydrogens (tertiary/aromatic N) is 2. The second-order valence-electron chi connectivity index (χ2n) is 5.63. The van der Waals surface area contributed by atoms with Gasteiger partial charge in [0.05, 0.1) is 0 Å². The third-order valence-electron chi connectivity index (χ3n) is 3.83. The fraction of sp³-hybridized carbons (Fsp3) is 0.615. The molecular formula is C13H15F3N2O4. The highest BCUT2D eigenvalue weighted by molar-refractivity contribution is 5.93. The summed E-state index contributed by atoms with van der Waals surface area (Å²) in [5.41, 5.74) is -3.04. The molecule has 0 spiro atoms. The fourth-order valence-corrected chi connectivity index (χ4v) is 2.33. The number of hydrogen-bond acceptors (Lipinski definition) is 4. The minimum atomic E-state index is -4.93. The molecule has 1 saturated heterocycles. The molecule has 1 unspecified atom stereocenters. The second-order valence-corrected chi connectivity index (χ2v) is 5.63. The van der Waals surface area contributed by atoms with Gasteiger partial charge in [-0.2, -0.15) is 13.2 Å². The van der Waals surface area contributed by atoms with Gasteiger partial charge in [-0.1, -0.05) is 19.0 Å². The molecular weight excluding hydrogens is 305 g/mol. The topological polar surface area (TPSA) is 83.6 Å². The molecule has 1 aromatic heterocycles. The van der Waals surface area contributed by atoms with Crippen LogP contribution in [0.5, 0.6) is 0 Å². The minimum absolute atomic E-state index is 0.0269. The number of aromatic nitrogens is 1. The molecule has 1 N–H and O–H groups in total. The number of hydrogen-bond donors (Lipinski definition) is 1. The number of alkyl halides is 3. The molecule has 0 bridgehead atoms. The maximum absolute atomic E-state index is 13.1. The largest absolute Gasteiger partial charge is 0.481 e. The van der Waals surface area contributed by atoms with E-state index >= 15 is 0 Å². The first kappa shape index (κ1) is 16.3. The predicted molar refractivity (Wildman–Crippen MR) is 67.2 cm³/mol. The minimum Gasteiger partial charge on any atom is -0.481 e. The van der Waals surface area contributed by atoms with Crippen molar-refractivity contribution in [2.24, 2.45) is 5.41 Å². The fourth-order valence-electron chi connectivity index (χ4n) is 2.33. The number of halogens is 3. The van der Waals surface area contributed by atoms with Gasteiger partial charge in [0.2, 0.25) is 0 Å². The van der Waals surface area contributed by atoms with Crippen LogP contribution in [0.3, 0.4) is 0 Å². The SMILES string of the molecule is CC(C)c1cc(C(=O)N2CCC(C(=O)O)(C(F)(F)F)C2)no1. The smallest absolute Gasteiger partial charge is 0.406 e. The Balaban J connectivity index is 2.21. The Morgan fingerprint density at radius 3 is 2.50 bits per heavy atom. The van der Waals surface area contributed by atoms with Gasteiger partial charge in [-0.15, -0.1) is 0 Å². The quantitative estimate of drug-likeness (QED) is 0.923. The zero-order valence-corrected chi connectivity index (χ0v) is 12.0. The molecule has 1 aliphatic heterocycles. The zero-order valence-electron chi connectivity index (χ0n) is 12.0. The summed E-state index contributed by atoms with van der Waals surface area (Å²) in [6, 6.07) is 1.36. The summed E-state index contributed by atoms with van der Waals surface area (Å²) in [4.78, 5) is 24.1. The Bertz CT molecular complexity index is 596. The van der Waals surface area contributed by atoms with Gasteiger partial charge >= 0.3 is 12.1 Å². The molecule has 0 aliphatic carbocycles. The van der Waals surface area contributed by atoms with E-state index in [2.05, 4.69) is 5.16 Å². The Labute approximate surface area is 123 Å². The number of carboxylic acids is 1. The summed E-state index contributed by atoms with van der Waals surface area (Å²) in [6.45, 7) is 2.40. The number of carbonyl (C=O) groups is 2. The summed E-state index contributed by atoms with van der Waals surface area (Å²) >= 11 is 0. The van der Waals surface area contributed by atoms with Crippen LogP contribution in [0, 0.1) is 5.41 Å². The first-order valence-corrected chi connectivity index (χ1v) is 6.64. The average Bonchev–Trinajstić information content (AvgIpc) is 3.05. The maximum Gasteiger partial charge on any atom is 0.406 e. The molecule has 1 amide bonds. The lowest BCUT2D eigenvalue weighted by Crippen LogP contribution is -2.47. The molecule has 6 nitrogen and oxygen atoms in total. The Kier molecular flexibility index (Phi) is 3.92. The van der Waals surface area contributed by atoms with Crippen molar-refractivity contribution in [3.8, 4) is 0 Å². The van der Waals surface area contributed by atoms with Crippen LogP contribution >= 0.6 is 0 Å². The van der Waals surface area contributed by atoms with Crippen molar-refractivity contribution in [1.82, 2.24) is 10.1 Å². The van der Waals surface area contributed by atoms with Crippen LogP contribution in [-0.4, -0.2) is 46.3 Å². The first-order valence-electron chi connectivity index (χ1n) is 6.64. The van der Waals surface area contributed by atoms with Crippen molar-refractivity contribution in [2.45, 2.75) is 32.4 Å². The summed E-state index contributed by atoms with van der Waals surface area (Å²) in [5.74, 6) is -2.33. The van der Waals surface area contributed by atoms with Crippen LogP contribution in [0.25, 0.3) is 0 Å². The molecule has 22 heavy (non-hydrogen) atoms. The first-order chi connectivity index (χ1) is 10.1. The highest BCUT2D eigenvalue weighted by atomic mass is 19.4. The number of rotatable bonds is 3. The van der Waals surface area contributed by atoms with Gasteiger partial charge in [0.1, 0.15) is 5.76 Å². The molecule has 0 aromatic carbocycles. The van der Waals surface area contributed by atoms with Crippen molar-refractivity contribution < 1.29 is 32.4 Å². The van der Waals surface area contributed by atoms with Gasteiger partial charge < -0.3 is 14.5 Å². The van der Waals surface area contributed by atoms with Crippen molar-refractivity contribution in [3.63, 3.8) is 0 Å². The normalized spacial score (nSPS) is 22.4. The van der Waals surface area contributed by atoms with Gasteiger partial charge in [0.25, 0.3) is 5.91 Å². The van der Waals surface area contributed by atoms with Gasteiger partial charge in [-0.3, -0.25) is 9.59 Å². The van der Waals surface area contributed by atoms with Crippen LogP contribution in [0.15, 0.2) is 10.6 Å². The third-order valence-corrected chi connectivity index (χ3v) is 3.83. The number of aliphatic carboxylic acids is 1. The van der Waals surface area contributed by atoms with E-state index in [0.29, 0.717) is 5.76 Å². The van der Waals surface area contributed by atoms with E-state index in [1.54, 1.807) is 0 Å². The predicted octanol–water partition coefficient (Wildman–Crippen LogP) is 2.28. The molecule has 2 rings (SSSR count). The number of carbonyl (C=O) groups excluding carboxylic acids is 1. The lowest BCUT2D eigenvalue weighted by Gasteiger charge is -2.26. The number of carboxylic acid groups (broad SMARTS) is 1. The summed E-state index contributed by atoms with van der Waals surface area (Å²) < 4.78 is 44.1. The van der Waals surface area contributed by atoms with E-state index in [4.69, 9.17) is 9.63 Å². The Morgan fingerprint density at radius 2 is 2.09 bits per heavy atom. The highest BCUT2D eigenvalue weighted by Crippen LogP contribution is 2.45. The average molecular weight is 320 g/mol. The molecule has 2 heterocycles. The van der Waals surface area contributed by atoms with Crippen LogP contribution in [0.1, 0.15) is 42.4 Å². The molecule has 1 aromatic rings. The Morgan fingerprint density at radius 1 is 1.45 bits per heavy atom. The Hall–Kier alpha value is -2.06. The molecule has 0 saturated carbocycles. The van der Waals surface area contributed by atoms with Crippen molar-refractivity contribution >= 4 is 11.9 Å². The van der Waals surface area contributed by atoms with Gasteiger partial charge in [-0.25, -0.2) is 0 Å². The van der Waals surface area contributed by atoms with Gasteiger partial charge in [0, 0.05) is 25.1 Å². The van der Waals surface area contributed by atoms with E-state index < -0.39 is 36.4 Å². The van der Waals surface area contributed by atoms with E-state index in [1.165, 1.54) is 6.07 Å². The van der Waals surface area contributed by atoms with Crippen molar-refractivity contribution in [1.29, 1.82) is 0 Å². The second kappa shape index (κ2) is 5.29. The monoisotopic (exact) mass is 320 g/mol. The van der Waals surface area contributed by atoms with Gasteiger partial charge in [-0.05, 0) is 6.42 Å². The van der Waals surface area contributed by atoms with E-state index in [1.807, 2.05) is 13.8 Å². The summed E-state index contributed by atoms with van der Waals surface area (Å²) in [7, 11) is 0. The zero-order chi connectivity index (χ0) is 16.7. The number of likely N-dealkylation sites (tertiary alicyclic amines) is 1. The standard InChI is InChI=1S/C13H15F3N2O4/c1-7(2)9-5-8(17-22-9)10(19)18-4-3-12(6-18,11(20)21)13(14,15)16/h5,7H,3-4,6H2,1-2H3,(H,20,21). The summed E-state index contributed by atoms with van der Waals surface area (Å²) in [5, 5.41) is 12.5. The molecule has 9 heteroatoms. The molecule has 0 radical (unpaired) electrons. The molecule has 1 atom stereocenters. The van der Waals surface area contributed by atoms with E-state index in [0.717, 1.165) is 4.90 Å². The lowest BCUT2D eigenvalue weighted by atomic mass is 9.86. The molecule has 1 aliphatic rings. The van der Waals surface area contributed by atoms with E-state index in [9.17, 15) is 22.8 Å². The van der Waals surface area contributed by atoms with Crippen molar-refractivity contribution in [2.75, 3.05) is 13.1 Å². The van der Waals surface area contributed by atoms with Crippen LogP contribution in [-0.2, 0) is 4.79 Å². The van der Waals surface area contributed by atoms with Crippen LogP contribution in [0.4, 0.5) is 13.2 Å². The molecule has 122 valence electrons. The molecule has 1 fully saturated rings. The van der Waals surface area contributed by atoms with E-state index in [-0.39, 0.29) is 18.2 Å². The number of amides is 1.